The van der Waals surface area contributed by atoms with Gasteiger partial charge in [-0.2, -0.15) is 11.8 Å². The second-order valence-electron chi connectivity index (χ2n) is 6.10. The van der Waals surface area contributed by atoms with Crippen LogP contribution in [0, 0.1) is 0 Å². The third kappa shape index (κ3) is 4.88. The Bertz CT molecular complexity index is 382. The maximum Gasteiger partial charge on any atom is 0.326 e. The molecule has 1 amide bonds. The summed E-state index contributed by atoms with van der Waals surface area (Å²) in [6.45, 7) is 2.18. The molecule has 0 radical (unpaired) electrons. The normalized spacial score (nSPS) is 25.7. The highest BCUT2D eigenvalue weighted by Crippen LogP contribution is 2.43. The van der Waals surface area contributed by atoms with Gasteiger partial charge in [0.05, 0.1) is 5.60 Å². The Balaban J connectivity index is 1.74. The average Bonchev–Trinajstić information content (AvgIpc) is 2.85. The summed E-state index contributed by atoms with van der Waals surface area (Å²) in [5.74, 6) is -0.480. The van der Waals surface area contributed by atoms with Crippen molar-refractivity contribution in [2.24, 2.45) is 0 Å². The van der Waals surface area contributed by atoms with Crippen molar-refractivity contribution in [3.8, 4) is 0 Å². The Labute approximate surface area is 130 Å². The van der Waals surface area contributed by atoms with E-state index in [4.69, 9.17) is 9.84 Å². The van der Waals surface area contributed by atoms with E-state index >= 15 is 0 Å². The molecule has 1 aliphatic carbocycles. The molecule has 2 unspecified atom stereocenters. The highest BCUT2D eigenvalue weighted by atomic mass is 32.2. The van der Waals surface area contributed by atoms with E-state index in [2.05, 4.69) is 5.32 Å². The van der Waals surface area contributed by atoms with E-state index in [9.17, 15) is 9.59 Å². The van der Waals surface area contributed by atoms with Crippen molar-refractivity contribution in [1.29, 1.82) is 0 Å². The monoisotopic (exact) mass is 315 g/mol. The quantitative estimate of drug-likeness (QED) is 0.786. The van der Waals surface area contributed by atoms with Crippen LogP contribution in [0.5, 0.6) is 0 Å². The zero-order valence-electron chi connectivity index (χ0n) is 12.6. The fraction of sp³-hybridized carbons (Fsp3) is 0.867. The minimum Gasteiger partial charge on any atom is -0.480 e. The van der Waals surface area contributed by atoms with Gasteiger partial charge in [-0.05, 0) is 37.9 Å². The largest absolute Gasteiger partial charge is 0.480 e. The highest BCUT2D eigenvalue weighted by molar-refractivity contribution is 7.99. The number of ether oxygens (including phenoxy) is 1. The van der Waals surface area contributed by atoms with Crippen LogP contribution in [-0.4, -0.2) is 46.2 Å². The fourth-order valence-corrected chi connectivity index (χ4v) is 4.74. The van der Waals surface area contributed by atoms with Crippen LogP contribution >= 0.6 is 11.8 Å². The fourth-order valence-electron chi connectivity index (χ4n) is 3.35. The van der Waals surface area contributed by atoms with Gasteiger partial charge in [-0.1, -0.05) is 12.8 Å². The van der Waals surface area contributed by atoms with E-state index in [0.717, 1.165) is 25.2 Å². The first-order chi connectivity index (χ1) is 10.0. The second-order valence-corrected chi connectivity index (χ2v) is 7.51. The highest BCUT2D eigenvalue weighted by Gasteiger charge is 2.39. The van der Waals surface area contributed by atoms with E-state index in [0.29, 0.717) is 11.7 Å². The molecular formula is C15H25NO4S. The Morgan fingerprint density at radius 1 is 1.43 bits per heavy atom. The van der Waals surface area contributed by atoms with Gasteiger partial charge in [-0.15, -0.1) is 0 Å². The third-order valence-electron chi connectivity index (χ3n) is 4.40. The zero-order chi connectivity index (χ0) is 15.3. The molecule has 6 heteroatoms. The Hall–Kier alpha value is -0.750. The lowest BCUT2D eigenvalue weighted by molar-refractivity contribution is -0.141. The van der Waals surface area contributed by atoms with Crippen LogP contribution in [0.1, 0.15) is 51.9 Å². The number of hydrogen-bond donors (Lipinski definition) is 2. The van der Waals surface area contributed by atoms with Gasteiger partial charge in [0.15, 0.2) is 0 Å². The lowest BCUT2D eigenvalue weighted by Gasteiger charge is -2.38. The molecule has 1 spiro atoms. The van der Waals surface area contributed by atoms with Crippen LogP contribution in [0.15, 0.2) is 0 Å². The summed E-state index contributed by atoms with van der Waals surface area (Å²) in [5.41, 5.74) is 0.111. The first-order valence-corrected chi connectivity index (χ1v) is 8.81. The lowest BCUT2D eigenvalue weighted by atomic mass is 9.92. The molecule has 1 saturated carbocycles. The van der Waals surface area contributed by atoms with Gasteiger partial charge in [0.2, 0.25) is 5.91 Å². The third-order valence-corrected chi connectivity index (χ3v) is 5.74. The minimum atomic E-state index is -0.954. The average molecular weight is 315 g/mol. The number of hydrogen-bond acceptors (Lipinski definition) is 4. The molecule has 0 bridgehead atoms. The molecule has 5 nitrogen and oxygen atoms in total. The molecule has 1 saturated heterocycles. The summed E-state index contributed by atoms with van der Waals surface area (Å²) in [5, 5.41) is 12.1. The standard InChI is InChI=1S/C15H25NO4S/c1-11(17)16-13(14(18)19)5-9-21-12-4-8-20-15(10-12)6-2-3-7-15/h12-13H,2-10H2,1H3,(H,16,17)(H,18,19). The SMILES string of the molecule is CC(=O)NC(CCSC1CCOC2(CCCC2)C1)C(=O)O. The Morgan fingerprint density at radius 2 is 2.14 bits per heavy atom. The van der Waals surface area contributed by atoms with Gasteiger partial charge < -0.3 is 15.2 Å². The number of carboxylic acid groups (broad SMARTS) is 1. The first-order valence-electron chi connectivity index (χ1n) is 7.76. The number of carbonyl (C=O) groups excluding carboxylic acids is 1. The molecule has 2 atom stereocenters. The van der Waals surface area contributed by atoms with E-state index in [-0.39, 0.29) is 11.5 Å². The Morgan fingerprint density at radius 3 is 2.76 bits per heavy atom. The number of thioether (sulfide) groups is 1. The summed E-state index contributed by atoms with van der Waals surface area (Å²) in [7, 11) is 0. The van der Waals surface area contributed by atoms with Gasteiger partial charge >= 0.3 is 5.97 Å². The van der Waals surface area contributed by atoms with Crippen LogP contribution in [0.3, 0.4) is 0 Å². The van der Waals surface area contributed by atoms with Crippen LogP contribution in [-0.2, 0) is 14.3 Å². The molecule has 1 heterocycles. The molecule has 2 fully saturated rings. The van der Waals surface area contributed by atoms with E-state index < -0.39 is 12.0 Å². The van der Waals surface area contributed by atoms with Gasteiger partial charge in [0.1, 0.15) is 6.04 Å². The molecule has 21 heavy (non-hydrogen) atoms. The maximum absolute atomic E-state index is 11.1. The molecule has 0 aromatic carbocycles. The van der Waals surface area contributed by atoms with Crippen molar-refractivity contribution < 1.29 is 19.4 Å². The predicted octanol–water partition coefficient (Wildman–Crippen LogP) is 2.19. The summed E-state index contributed by atoms with van der Waals surface area (Å²) in [6, 6.07) is -0.768. The van der Waals surface area contributed by atoms with Crippen LogP contribution in [0.4, 0.5) is 0 Å². The minimum absolute atomic E-state index is 0.111. The van der Waals surface area contributed by atoms with Gasteiger partial charge in [-0.3, -0.25) is 4.79 Å². The van der Waals surface area contributed by atoms with Crippen molar-refractivity contribution in [2.75, 3.05) is 12.4 Å². The van der Waals surface area contributed by atoms with Gasteiger partial charge in [0.25, 0.3) is 0 Å². The molecule has 2 N–H and O–H groups in total. The van der Waals surface area contributed by atoms with Crippen molar-refractivity contribution in [3.05, 3.63) is 0 Å². The van der Waals surface area contributed by atoms with Crippen molar-refractivity contribution in [3.63, 3.8) is 0 Å². The lowest BCUT2D eigenvalue weighted by Crippen LogP contribution is -2.40. The number of nitrogens with one attached hydrogen (secondary N) is 1. The molecule has 0 aromatic rings. The smallest absolute Gasteiger partial charge is 0.326 e. The Kier molecular flexibility index (Phi) is 5.93. The van der Waals surface area contributed by atoms with Crippen molar-refractivity contribution in [1.82, 2.24) is 5.32 Å². The second kappa shape index (κ2) is 7.49. The summed E-state index contributed by atoms with van der Waals surface area (Å²) < 4.78 is 6.01. The topological polar surface area (TPSA) is 75.6 Å². The molecular weight excluding hydrogens is 290 g/mol. The molecule has 1 aliphatic heterocycles. The molecule has 2 rings (SSSR count). The maximum atomic E-state index is 11.1. The molecule has 2 aliphatic rings. The van der Waals surface area contributed by atoms with Crippen LogP contribution < -0.4 is 5.32 Å². The van der Waals surface area contributed by atoms with Crippen molar-refractivity contribution >= 4 is 23.6 Å². The van der Waals surface area contributed by atoms with E-state index in [1.54, 1.807) is 0 Å². The molecule has 0 aromatic heterocycles. The number of carboxylic acids is 1. The summed E-state index contributed by atoms with van der Waals surface area (Å²) in [4.78, 5) is 22.1. The number of aliphatic carboxylic acids is 1. The number of rotatable bonds is 6. The number of amides is 1. The van der Waals surface area contributed by atoms with E-state index in [1.165, 1.54) is 32.6 Å². The predicted molar refractivity (Wildman–Crippen MR) is 82.5 cm³/mol. The molecule has 120 valence electrons. The van der Waals surface area contributed by atoms with Crippen molar-refractivity contribution in [2.45, 2.75) is 68.8 Å². The number of carbonyl (C=O) groups is 2. The van der Waals surface area contributed by atoms with Gasteiger partial charge in [-0.25, -0.2) is 4.79 Å². The van der Waals surface area contributed by atoms with E-state index in [1.807, 2.05) is 11.8 Å². The summed E-state index contributed by atoms with van der Waals surface area (Å²) in [6.07, 6.45) is 7.49. The van der Waals surface area contributed by atoms with Crippen LogP contribution in [0.2, 0.25) is 0 Å². The van der Waals surface area contributed by atoms with Gasteiger partial charge in [0, 0.05) is 18.8 Å². The van der Waals surface area contributed by atoms with Crippen LogP contribution in [0.25, 0.3) is 0 Å². The zero-order valence-corrected chi connectivity index (χ0v) is 13.4. The first kappa shape index (κ1) is 16.6. The summed E-state index contributed by atoms with van der Waals surface area (Å²) >= 11 is 1.84.